The number of ketones is 1. The number of carboxylic acid groups (broad SMARTS) is 1. The minimum atomic E-state index is -0.797. The van der Waals surface area contributed by atoms with Crippen molar-refractivity contribution < 1.29 is 19.5 Å². The summed E-state index contributed by atoms with van der Waals surface area (Å²) < 4.78 is 0. The average molecular weight is 621 g/mol. The van der Waals surface area contributed by atoms with Crippen LogP contribution in [0.2, 0.25) is 0 Å². The number of amides is 1. The second-order valence-corrected chi connectivity index (χ2v) is 12.5. The van der Waals surface area contributed by atoms with Gasteiger partial charge in [0.2, 0.25) is 0 Å². The molecule has 6 heteroatoms. The predicted molar refractivity (Wildman–Crippen MR) is 185 cm³/mol. The van der Waals surface area contributed by atoms with Gasteiger partial charge in [-0.1, -0.05) is 78.9 Å². The fourth-order valence-electron chi connectivity index (χ4n) is 7.58. The highest BCUT2D eigenvalue weighted by molar-refractivity contribution is 6.09. The van der Waals surface area contributed by atoms with E-state index in [0.29, 0.717) is 29.8 Å². The Morgan fingerprint density at radius 1 is 0.766 bits per heavy atom. The van der Waals surface area contributed by atoms with Crippen molar-refractivity contribution in [2.75, 3.05) is 5.32 Å². The largest absolute Gasteiger partial charge is 0.481 e. The van der Waals surface area contributed by atoms with E-state index in [2.05, 4.69) is 29.6 Å². The van der Waals surface area contributed by atoms with E-state index in [4.69, 9.17) is 5.73 Å². The van der Waals surface area contributed by atoms with Gasteiger partial charge < -0.3 is 16.2 Å². The summed E-state index contributed by atoms with van der Waals surface area (Å²) in [7, 11) is 0. The summed E-state index contributed by atoms with van der Waals surface area (Å²) in [4.78, 5) is 39.5. The van der Waals surface area contributed by atoms with Crippen LogP contribution in [-0.2, 0) is 24.2 Å². The number of hydrogen-bond donors (Lipinski definition) is 3. The molecule has 0 aromatic heterocycles. The van der Waals surface area contributed by atoms with Crippen LogP contribution in [0.5, 0.6) is 0 Å². The van der Waals surface area contributed by atoms with Gasteiger partial charge in [0.15, 0.2) is 5.78 Å². The Labute approximate surface area is 274 Å². The third-order valence-corrected chi connectivity index (χ3v) is 9.76. The molecule has 4 N–H and O–H groups in total. The Morgan fingerprint density at radius 3 is 2.23 bits per heavy atom. The van der Waals surface area contributed by atoms with Crippen molar-refractivity contribution in [2.45, 2.75) is 50.5 Å². The molecular formula is C41H36N2O4. The first kappa shape index (κ1) is 30.3. The van der Waals surface area contributed by atoms with E-state index >= 15 is 0 Å². The van der Waals surface area contributed by atoms with Crippen LogP contribution in [0, 0.1) is 0 Å². The van der Waals surface area contributed by atoms with Crippen LogP contribution in [0.15, 0.2) is 109 Å². The lowest BCUT2D eigenvalue weighted by molar-refractivity contribution is -0.137. The number of nitrogens with two attached hydrogens (primary N) is 1. The number of hydrogen-bond acceptors (Lipinski definition) is 4. The lowest BCUT2D eigenvalue weighted by Crippen LogP contribution is -2.25. The van der Waals surface area contributed by atoms with Gasteiger partial charge >= 0.3 is 5.97 Å². The van der Waals surface area contributed by atoms with E-state index in [0.717, 1.165) is 69.3 Å². The second kappa shape index (κ2) is 12.8. The van der Waals surface area contributed by atoms with Gasteiger partial charge in [-0.25, -0.2) is 0 Å². The molecule has 2 aliphatic carbocycles. The van der Waals surface area contributed by atoms with E-state index in [1.807, 2.05) is 54.6 Å². The third-order valence-electron chi connectivity index (χ3n) is 9.76. The second-order valence-electron chi connectivity index (χ2n) is 12.5. The lowest BCUT2D eigenvalue weighted by atomic mass is 9.69. The summed E-state index contributed by atoms with van der Waals surface area (Å²) in [6.45, 7) is 0.365. The molecule has 0 fully saturated rings. The van der Waals surface area contributed by atoms with Gasteiger partial charge in [0.1, 0.15) is 0 Å². The maximum absolute atomic E-state index is 14.3. The van der Waals surface area contributed by atoms with Crippen LogP contribution >= 0.6 is 0 Å². The molecule has 234 valence electrons. The Kier molecular flexibility index (Phi) is 8.27. The quantitative estimate of drug-likeness (QED) is 0.152. The first-order valence-corrected chi connectivity index (χ1v) is 16.2. The van der Waals surface area contributed by atoms with Crippen molar-refractivity contribution in [1.82, 2.24) is 0 Å². The minimum Gasteiger partial charge on any atom is -0.481 e. The predicted octanol–water partition coefficient (Wildman–Crippen LogP) is 8.15. The number of nitrogens with one attached hydrogen (secondary N) is 1. The summed E-state index contributed by atoms with van der Waals surface area (Å²) in [5.41, 5.74) is 17.0. The van der Waals surface area contributed by atoms with E-state index in [1.165, 1.54) is 0 Å². The molecule has 6 nitrogen and oxygen atoms in total. The smallest absolute Gasteiger partial charge is 0.303 e. The highest BCUT2D eigenvalue weighted by Crippen LogP contribution is 2.47. The molecule has 0 spiro atoms. The summed E-state index contributed by atoms with van der Waals surface area (Å²) in [6, 6.07) is 34.9. The fourth-order valence-corrected chi connectivity index (χ4v) is 7.58. The van der Waals surface area contributed by atoms with E-state index < -0.39 is 5.97 Å². The number of fused-ring (bicyclic) bond motifs is 5. The number of Topliss-reactive ketones (excluding diaryl/α,β-unsaturated/α-hetero) is 1. The molecule has 7 rings (SSSR count). The maximum atomic E-state index is 14.3. The van der Waals surface area contributed by atoms with Crippen molar-refractivity contribution in [3.63, 3.8) is 0 Å². The summed E-state index contributed by atoms with van der Waals surface area (Å²) in [5.74, 6) is -1.45. The number of carbonyl (C=O) groups is 3. The first-order valence-electron chi connectivity index (χ1n) is 16.2. The molecule has 0 radical (unpaired) electrons. The Bertz CT molecular complexity index is 2010. The van der Waals surface area contributed by atoms with Gasteiger partial charge in [0.05, 0.1) is 12.3 Å². The molecule has 5 aromatic carbocycles. The number of carbonyl (C=O) groups excluding carboxylic acids is 2. The fraction of sp³-hybridized carbons (Fsp3) is 0.195. The highest BCUT2D eigenvalue weighted by atomic mass is 16.4. The van der Waals surface area contributed by atoms with E-state index in [9.17, 15) is 19.5 Å². The molecule has 0 saturated heterocycles. The lowest BCUT2D eigenvalue weighted by Gasteiger charge is -2.34. The van der Waals surface area contributed by atoms with E-state index in [-0.39, 0.29) is 29.9 Å². The van der Waals surface area contributed by atoms with Gasteiger partial charge in [0, 0.05) is 23.4 Å². The molecule has 1 amide bonds. The highest BCUT2D eigenvalue weighted by Gasteiger charge is 2.35. The molecular weight excluding hydrogens is 584 g/mol. The normalized spacial score (nSPS) is 16.4. The summed E-state index contributed by atoms with van der Waals surface area (Å²) in [6.07, 6.45) is 3.26. The van der Waals surface area contributed by atoms with Crippen LogP contribution in [-0.4, -0.2) is 22.8 Å². The Balaban J connectivity index is 1.18. The topological polar surface area (TPSA) is 109 Å². The first-order chi connectivity index (χ1) is 22.9. The van der Waals surface area contributed by atoms with Crippen molar-refractivity contribution >= 4 is 23.3 Å². The van der Waals surface area contributed by atoms with E-state index in [1.54, 1.807) is 30.3 Å². The van der Waals surface area contributed by atoms with Crippen molar-refractivity contribution in [1.29, 1.82) is 0 Å². The van der Waals surface area contributed by atoms with Crippen molar-refractivity contribution in [3.8, 4) is 22.3 Å². The number of anilines is 1. The van der Waals surface area contributed by atoms with Crippen LogP contribution in [0.4, 0.5) is 5.69 Å². The number of benzene rings is 5. The molecule has 5 aromatic rings. The zero-order valence-corrected chi connectivity index (χ0v) is 26.0. The number of carboxylic acids is 1. The maximum Gasteiger partial charge on any atom is 0.303 e. The Hall–Kier alpha value is -5.33. The standard InChI is InChI=1S/C41H36N2O4/c42-24-28-9-2-4-12-31(28)33-13-5-6-14-36(33)41(47)43-29-18-16-25(17-19-29)40(46)37-22-26-8-1-3-11-30(26)35-21-20-32-27(23-38(44)45)10-7-15-34(32)39(35)37/h1-6,8-9,11-14,16-21,27,37H,7,10,15,22-24,42H2,(H,43,47)(H,44,45). The summed E-state index contributed by atoms with van der Waals surface area (Å²) in [5, 5.41) is 12.6. The zero-order valence-electron chi connectivity index (χ0n) is 26.0. The average Bonchev–Trinajstić information content (AvgIpc) is 3.11. The molecule has 2 aliphatic rings. The molecule has 0 aliphatic heterocycles. The SMILES string of the molecule is NCc1ccccc1-c1ccccc1C(=O)Nc1ccc(C(=O)C2Cc3ccccc3-c3ccc4c(c32)CCCC4CC(=O)O)cc1. The van der Waals surface area contributed by atoms with Gasteiger partial charge in [-0.2, -0.15) is 0 Å². The van der Waals surface area contributed by atoms with Crippen molar-refractivity contribution in [3.05, 3.63) is 148 Å². The van der Waals surface area contributed by atoms with Crippen LogP contribution < -0.4 is 11.1 Å². The number of aliphatic carboxylic acids is 1. The van der Waals surface area contributed by atoms with Crippen LogP contribution in [0.3, 0.4) is 0 Å². The zero-order chi connectivity index (χ0) is 32.5. The van der Waals surface area contributed by atoms with Gasteiger partial charge in [0.25, 0.3) is 5.91 Å². The molecule has 47 heavy (non-hydrogen) atoms. The third kappa shape index (κ3) is 5.77. The molecule has 2 atom stereocenters. The van der Waals surface area contributed by atoms with Gasteiger partial charge in [-0.3, -0.25) is 14.4 Å². The number of rotatable bonds is 8. The monoisotopic (exact) mass is 620 g/mol. The molecule has 2 unspecified atom stereocenters. The Morgan fingerprint density at radius 2 is 1.47 bits per heavy atom. The molecule has 0 heterocycles. The molecule has 0 bridgehead atoms. The van der Waals surface area contributed by atoms with Crippen LogP contribution in [0.25, 0.3) is 22.3 Å². The minimum absolute atomic E-state index is 0.0242. The van der Waals surface area contributed by atoms with Crippen molar-refractivity contribution in [2.24, 2.45) is 5.73 Å². The summed E-state index contributed by atoms with van der Waals surface area (Å²) >= 11 is 0. The van der Waals surface area contributed by atoms with Crippen LogP contribution in [0.1, 0.15) is 79.6 Å². The van der Waals surface area contributed by atoms with Gasteiger partial charge in [-0.05, 0) is 112 Å². The van der Waals surface area contributed by atoms with Gasteiger partial charge in [-0.15, -0.1) is 0 Å². The molecule has 0 saturated carbocycles.